The largest absolute Gasteiger partial charge is 0.466 e. The van der Waals surface area contributed by atoms with Gasteiger partial charge in [-0.1, -0.05) is 32.4 Å². The summed E-state index contributed by atoms with van der Waals surface area (Å²) in [6.45, 7) is 11.5. The highest BCUT2D eigenvalue weighted by atomic mass is 35.5. The molecule has 0 N–H and O–H groups in total. The van der Waals surface area contributed by atoms with Gasteiger partial charge < -0.3 is 13.9 Å². The summed E-state index contributed by atoms with van der Waals surface area (Å²) in [5.74, 6) is 0.194. The molecule has 0 saturated heterocycles. The van der Waals surface area contributed by atoms with Gasteiger partial charge in [-0.25, -0.2) is 19.7 Å². The Morgan fingerprint density at radius 3 is 2.67 bits per heavy atom. The van der Waals surface area contributed by atoms with Crippen molar-refractivity contribution in [2.45, 2.75) is 57.8 Å². The van der Waals surface area contributed by atoms with Gasteiger partial charge in [-0.15, -0.1) is 0 Å². The lowest BCUT2D eigenvalue weighted by Gasteiger charge is -2.36. The molecule has 0 bridgehead atoms. The third-order valence-electron chi connectivity index (χ3n) is 5.87. The molecule has 0 radical (unpaired) electrons. The Balaban J connectivity index is 1.77. The molecule has 1 atom stereocenters. The third-order valence-corrected chi connectivity index (χ3v) is 10.7. The SMILES string of the molecule is COC(=O)[C@H](CCCO[Si](C)(C)C(C)(C)C)Oc1ncnc2c1cnn2-c1ncccc1Cl. The summed E-state index contributed by atoms with van der Waals surface area (Å²) >= 11 is 6.26. The molecule has 0 spiro atoms. The van der Waals surface area contributed by atoms with Crippen LogP contribution in [0.5, 0.6) is 5.88 Å². The number of ether oxygens (including phenoxy) is 2. The van der Waals surface area contributed by atoms with Crippen LogP contribution in [0.2, 0.25) is 23.2 Å². The second kappa shape index (κ2) is 10.1. The molecule has 0 saturated carbocycles. The van der Waals surface area contributed by atoms with Gasteiger partial charge in [0.15, 0.2) is 25.9 Å². The third kappa shape index (κ3) is 5.68. The zero-order chi connectivity index (χ0) is 24.2. The molecule has 11 heteroatoms. The number of esters is 1. The first-order valence-corrected chi connectivity index (χ1v) is 14.0. The highest BCUT2D eigenvalue weighted by molar-refractivity contribution is 6.74. The molecule has 3 aromatic rings. The van der Waals surface area contributed by atoms with Crippen molar-refractivity contribution in [1.29, 1.82) is 0 Å². The number of fused-ring (bicyclic) bond motifs is 1. The molecule has 3 aromatic heterocycles. The van der Waals surface area contributed by atoms with Gasteiger partial charge in [-0.3, -0.25) is 0 Å². The molecule has 9 nitrogen and oxygen atoms in total. The number of hydrogen-bond acceptors (Lipinski definition) is 8. The minimum Gasteiger partial charge on any atom is -0.466 e. The maximum atomic E-state index is 12.4. The molecule has 33 heavy (non-hydrogen) atoms. The van der Waals surface area contributed by atoms with Crippen LogP contribution in [0.1, 0.15) is 33.6 Å². The summed E-state index contributed by atoms with van der Waals surface area (Å²) in [5, 5.41) is 5.42. The van der Waals surface area contributed by atoms with Crippen LogP contribution in [0.25, 0.3) is 16.9 Å². The molecule has 0 aliphatic rings. The maximum Gasteiger partial charge on any atom is 0.347 e. The molecule has 0 aromatic carbocycles. The van der Waals surface area contributed by atoms with Crippen LogP contribution in [0, 0.1) is 0 Å². The van der Waals surface area contributed by atoms with Gasteiger partial charge in [0.1, 0.15) is 11.7 Å². The fraction of sp³-hybridized carbons (Fsp3) is 0.500. The minimum absolute atomic E-state index is 0.120. The van der Waals surface area contributed by atoms with E-state index in [-0.39, 0.29) is 10.9 Å². The zero-order valence-corrected chi connectivity index (χ0v) is 21.6. The van der Waals surface area contributed by atoms with E-state index in [1.54, 1.807) is 24.5 Å². The molecular formula is C22H30ClN5O4Si. The molecule has 0 fully saturated rings. The van der Waals surface area contributed by atoms with E-state index in [4.69, 9.17) is 25.5 Å². The minimum atomic E-state index is -1.86. The molecule has 0 aliphatic heterocycles. The molecule has 178 valence electrons. The Kier molecular flexibility index (Phi) is 7.71. The Bertz CT molecular complexity index is 1120. The summed E-state index contributed by atoms with van der Waals surface area (Å²) in [5.41, 5.74) is 0.463. The summed E-state index contributed by atoms with van der Waals surface area (Å²) in [6, 6.07) is 3.45. The summed E-state index contributed by atoms with van der Waals surface area (Å²) in [4.78, 5) is 25.2. The smallest absolute Gasteiger partial charge is 0.347 e. The van der Waals surface area contributed by atoms with E-state index in [2.05, 4.69) is 53.9 Å². The molecule has 0 amide bonds. The summed E-state index contributed by atoms with van der Waals surface area (Å²) in [6.07, 6.45) is 4.76. The standard InChI is InChI=1S/C22H30ClN5O4Si/c1-22(2,3)33(5,6)31-12-8-10-17(21(29)30-4)32-20-15-13-27-28(18(15)25-14-26-20)19-16(23)9-7-11-24-19/h7,9,11,13-14,17H,8,10,12H2,1-6H3/t17-/m0/s1. The van der Waals surface area contributed by atoms with Crippen LogP contribution in [0.3, 0.4) is 0 Å². The van der Waals surface area contributed by atoms with Crippen LogP contribution in [-0.2, 0) is 14.0 Å². The first-order chi connectivity index (χ1) is 15.5. The van der Waals surface area contributed by atoms with Crippen molar-refractivity contribution in [3.63, 3.8) is 0 Å². The van der Waals surface area contributed by atoms with Crippen molar-refractivity contribution in [1.82, 2.24) is 24.7 Å². The van der Waals surface area contributed by atoms with E-state index in [1.807, 2.05) is 0 Å². The number of pyridine rings is 1. The highest BCUT2D eigenvalue weighted by Gasteiger charge is 2.37. The monoisotopic (exact) mass is 491 g/mol. The lowest BCUT2D eigenvalue weighted by molar-refractivity contribution is -0.149. The number of hydrogen-bond donors (Lipinski definition) is 0. The summed E-state index contributed by atoms with van der Waals surface area (Å²) in [7, 11) is -0.527. The van der Waals surface area contributed by atoms with Gasteiger partial charge >= 0.3 is 5.97 Å². The Morgan fingerprint density at radius 2 is 2.00 bits per heavy atom. The molecule has 0 unspecified atom stereocenters. The van der Waals surface area contributed by atoms with Crippen LogP contribution in [-0.4, -0.2) is 58.8 Å². The van der Waals surface area contributed by atoms with E-state index in [1.165, 1.54) is 18.1 Å². The predicted molar refractivity (Wildman–Crippen MR) is 128 cm³/mol. The molecule has 0 aliphatic carbocycles. The normalized spacial score (nSPS) is 13.2. The van der Waals surface area contributed by atoms with E-state index in [0.29, 0.717) is 41.3 Å². The van der Waals surface area contributed by atoms with E-state index < -0.39 is 20.4 Å². The maximum absolute atomic E-state index is 12.4. The van der Waals surface area contributed by atoms with Crippen LogP contribution in [0.4, 0.5) is 0 Å². The van der Waals surface area contributed by atoms with Crippen LogP contribution in [0.15, 0.2) is 30.9 Å². The second-order valence-corrected chi connectivity index (χ2v) is 14.4. The number of aromatic nitrogens is 5. The highest BCUT2D eigenvalue weighted by Crippen LogP contribution is 2.36. The molecule has 3 heterocycles. The second-order valence-electron chi connectivity index (χ2n) is 9.16. The topological polar surface area (TPSA) is 101 Å². The lowest BCUT2D eigenvalue weighted by atomic mass is 10.2. The lowest BCUT2D eigenvalue weighted by Crippen LogP contribution is -2.41. The quantitative estimate of drug-likeness (QED) is 0.243. The fourth-order valence-corrected chi connectivity index (χ4v) is 4.20. The fourth-order valence-electron chi connectivity index (χ4n) is 2.91. The van der Waals surface area contributed by atoms with Gasteiger partial charge in [0.05, 0.1) is 18.3 Å². The summed E-state index contributed by atoms with van der Waals surface area (Å²) < 4.78 is 18.7. The Hall–Kier alpha value is -2.56. The van der Waals surface area contributed by atoms with E-state index >= 15 is 0 Å². The van der Waals surface area contributed by atoms with Crippen molar-refractivity contribution in [3.8, 4) is 11.7 Å². The number of halogens is 1. The number of carbonyl (C=O) groups is 1. The molecular weight excluding hydrogens is 462 g/mol. The van der Waals surface area contributed by atoms with Crippen molar-refractivity contribution in [2.24, 2.45) is 0 Å². The van der Waals surface area contributed by atoms with Crippen molar-refractivity contribution in [3.05, 3.63) is 35.9 Å². The number of carbonyl (C=O) groups excluding carboxylic acids is 1. The van der Waals surface area contributed by atoms with Gasteiger partial charge in [-0.2, -0.15) is 9.78 Å². The Labute approximate surface area is 199 Å². The van der Waals surface area contributed by atoms with Crippen molar-refractivity contribution < 1.29 is 18.7 Å². The number of methoxy groups -OCH3 is 1. The predicted octanol–water partition coefficient (Wildman–Crippen LogP) is 4.59. The number of rotatable bonds is 9. The van der Waals surface area contributed by atoms with Gasteiger partial charge in [0.25, 0.3) is 0 Å². The first kappa shape index (κ1) is 25.1. The first-order valence-electron chi connectivity index (χ1n) is 10.7. The number of nitrogens with zero attached hydrogens (tertiary/aromatic N) is 5. The molecule has 3 rings (SSSR count). The van der Waals surface area contributed by atoms with Crippen LogP contribution >= 0.6 is 11.6 Å². The Morgan fingerprint density at radius 1 is 1.24 bits per heavy atom. The zero-order valence-electron chi connectivity index (χ0n) is 19.8. The van der Waals surface area contributed by atoms with E-state index in [9.17, 15) is 4.79 Å². The van der Waals surface area contributed by atoms with Crippen molar-refractivity contribution in [2.75, 3.05) is 13.7 Å². The van der Waals surface area contributed by atoms with Gasteiger partial charge in [-0.05, 0) is 43.1 Å². The average Bonchev–Trinajstić information content (AvgIpc) is 3.19. The van der Waals surface area contributed by atoms with Gasteiger partial charge in [0, 0.05) is 12.8 Å². The van der Waals surface area contributed by atoms with Crippen LogP contribution < -0.4 is 4.74 Å². The van der Waals surface area contributed by atoms with Crippen molar-refractivity contribution >= 4 is 36.9 Å². The van der Waals surface area contributed by atoms with Gasteiger partial charge in [0.2, 0.25) is 5.88 Å². The average molecular weight is 492 g/mol. The van der Waals surface area contributed by atoms with E-state index in [0.717, 1.165) is 0 Å².